The Morgan fingerprint density at radius 1 is 0.955 bits per heavy atom. The van der Waals surface area contributed by atoms with Crippen molar-refractivity contribution in [2.75, 3.05) is 0 Å². The van der Waals surface area contributed by atoms with Gasteiger partial charge in [-0.2, -0.15) is 8.42 Å². The van der Waals surface area contributed by atoms with Gasteiger partial charge in [-0.1, -0.05) is 11.6 Å². The maximum Gasteiger partial charge on any atom is 0.318 e. The molecule has 0 radical (unpaired) electrons. The van der Waals surface area contributed by atoms with Crippen molar-refractivity contribution in [3.8, 4) is 0 Å². The average molecular weight is 342 g/mol. The molecule has 0 saturated heterocycles. The number of carbonyl (C=O) groups excluding carboxylic acids is 2. The van der Waals surface area contributed by atoms with Crippen molar-refractivity contribution in [1.82, 2.24) is 5.06 Å². The summed E-state index contributed by atoms with van der Waals surface area (Å²) < 4.78 is 29.1. The van der Waals surface area contributed by atoms with E-state index < -0.39 is 21.9 Å². The van der Waals surface area contributed by atoms with Crippen LogP contribution < -0.4 is 0 Å². The molecule has 8 heteroatoms. The van der Waals surface area contributed by atoms with Crippen molar-refractivity contribution in [3.05, 3.63) is 40.4 Å². The van der Waals surface area contributed by atoms with Crippen LogP contribution in [0.2, 0.25) is 5.02 Å². The standard InChI is InChI=1S/C14H12ClNO5S/c15-9-5-7-10(8-6-9)22(19,20)21-16-13(17)11-3-1-2-4-12(11)14(16)18/h5-8H,1-4H2. The maximum absolute atomic E-state index is 12.2. The summed E-state index contributed by atoms with van der Waals surface area (Å²) in [5, 5.41) is 0.712. The number of hydrogen-bond acceptors (Lipinski definition) is 5. The van der Waals surface area contributed by atoms with Gasteiger partial charge in [0.25, 0.3) is 11.8 Å². The van der Waals surface area contributed by atoms with Crippen LogP contribution >= 0.6 is 11.6 Å². The fourth-order valence-electron chi connectivity index (χ4n) is 2.52. The molecule has 0 bridgehead atoms. The van der Waals surface area contributed by atoms with Crippen molar-refractivity contribution in [1.29, 1.82) is 0 Å². The van der Waals surface area contributed by atoms with Crippen molar-refractivity contribution >= 4 is 33.5 Å². The van der Waals surface area contributed by atoms with Crippen molar-refractivity contribution in [2.24, 2.45) is 0 Å². The fraction of sp³-hybridized carbons (Fsp3) is 0.286. The second-order valence-electron chi connectivity index (χ2n) is 5.05. The molecule has 1 heterocycles. The lowest BCUT2D eigenvalue weighted by Gasteiger charge is -2.13. The highest BCUT2D eigenvalue weighted by atomic mass is 35.5. The normalized spacial score (nSPS) is 18.9. The second-order valence-corrected chi connectivity index (χ2v) is 7.02. The topological polar surface area (TPSA) is 80.8 Å². The first-order valence-electron chi connectivity index (χ1n) is 6.71. The molecule has 3 rings (SSSR count). The lowest BCUT2D eigenvalue weighted by molar-refractivity contribution is -0.162. The van der Waals surface area contributed by atoms with Gasteiger partial charge in [0.15, 0.2) is 0 Å². The minimum absolute atomic E-state index is 0.178. The monoisotopic (exact) mass is 341 g/mol. The molecule has 2 aliphatic rings. The molecule has 0 saturated carbocycles. The van der Waals surface area contributed by atoms with E-state index in [9.17, 15) is 18.0 Å². The zero-order chi connectivity index (χ0) is 15.9. The van der Waals surface area contributed by atoms with Crippen LogP contribution in [0.15, 0.2) is 40.3 Å². The number of benzene rings is 1. The van der Waals surface area contributed by atoms with Gasteiger partial charge in [0.05, 0.1) is 4.90 Å². The smallest absolute Gasteiger partial charge is 0.267 e. The number of halogens is 1. The largest absolute Gasteiger partial charge is 0.318 e. The lowest BCUT2D eigenvalue weighted by Crippen LogP contribution is -2.34. The third-order valence-electron chi connectivity index (χ3n) is 3.63. The fourth-order valence-corrected chi connectivity index (χ4v) is 3.54. The lowest BCUT2D eigenvalue weighted by atomic mass is 9.93. The molecule has 0 fully saturated rings. The Bertz CT molecular complexity index is 754. The molecule has 2 amide bonds. The molecular formula is C14H12ClNO5S. The Morgan fingerprint density at radius 2 is 1.45 bits per heavy atom. The Morgan fingerprint density at radius 3 is 1.95 bits per heavy atom. The van der Waals surface area contributed by atoms with Crippen LogP contribution in [-0.2, 0) is 24.0 Å². The molecule has 0 aromatic heterocycles. The molecule has 22 heavy (non-hydrogen) atoms. The summed E-state index contributed by atoms with van der Waals surface area (Å²) in [4.78, 5) is 24.1. The van der Waals surface area contributed by atoms with E-state index in [0.717, 1.165) is 12.8 Å². The summed E-state index contributed by atoms with van der Waals surface area (Å²) in [6.07, 6.45) is 2.55. The van der Waals surface area contributed by atoms with E-state index >= 15 is 0 Å². The highest BCUT2D eigenvalue weighted by Gasteiger charge is 2.42. The van der Waals surface area contributed by atoms with E-state index in [4.69, 9.17) is 15.9 Å². The molecule has 6 nitrogen and oxygen atoms in total. The highest BCUT2D eigenvalue weighted by Crippen LogP contribution is 2.34. The summed E-state index contributed by atoms with van der Waals surface area (Å²) in [7, 11) is -4.27. The van der Waals surface area contributed by atoms with Gasteiger partial charge in [0.1, 0.15) is 0 Å². The number of hydrogen-bond donors (Lipinski definition) is 0. The summed E-state index contributed by atoms with van der Waals surface area (Å²) in [5.41, 5.74) is 0.727. The van der Waals surface area contributed by atoms with Crippen LogP contribution in [0, 0.1) is 0 Å². The summed E-state index contributed by atoms with van der Waals surface area (Å²) >= 11 is 5.70. The second kappa shape index (κ2) is 5.49. The molecular weight excluding hydrogens is 330 g/mol. The Balaban J connectivity index is 1.86. The summed E-state index contributed by atoms with van der Waals surface area (Å²) in [6.45, 7) is 0. The number of carbonyl (C=O) groups is 2. The molecule has 1 aliphatic carbocycles. The summed E-state index contributed by atoms with van der Waals surface area (Å²) in [5.74, 6) is -1.37. The van der Waals surface area contributed by atoms with Crippen molar-refractivity contribution < 1.29 is 22.3 Å². The van der Waals surface area contributed by atoms with Gasteiger partial charge in [0.2, 0.25) is 0 Å². The molecule has 116 valence electrons. The molecule has 1 aromatic carbocycles. The predicted molar refractivity (Wildman–Crippen MR) is 77.1 cm³/mol. The zero-order valence-corrected chi connectivity index (χ0v) is 13.0. The van der Waals surface area contributed by atoms with Gasteiger partial charge < -0.3 is 0 Å². The van der Waals surface area contributed by atoms with E-state index in [1.807, 2.05) is 0 Å². The number of rotatable bonds is 3. The van der Waals surface area contributed by atoms with E-state index in [0.29, 0.717) is 34.1 Å². The molecule has 0 spiro atoms. The van der Waals surface area contributed by atoms with Crippen LogP contribution in [-0.4, -0.2) is 25.3 Å². The minimum Gasteiger partial charge on any atom is -0.267 e. The first-order chi connectivity index (χ1) is 10.4. The summed E-state index contributed by atoms with van der Waals surface area (Å²) in [6, 6.07) is 5.26. The predicted octanol–water partition coefficient (Wildman–Crippen LogP) is 2.20. The van der Waals surface area contributed by atoms with Crippen LogP contribution in [0.5, 0.6) is 0 Å². The quantitative estimate of drug-likeness (QED) is 0.787. The van der Waals surface area contributed by atoms with Gasteiger partial charge in [-0.25, -0.2) is 0 Å². The third-order valence-corrected chi connectivity index (χ3v) is 5.07. The molecule has 1 aromatic rings. The maximum atomic E-state index is 12.2. The van der Waals surface area contributed by atoms with E-state index in [1.165, 1.54) is 24.3 Å². The number of amides is 2. The van der Waals surface area contributed by atoms with E-state index in [2.05, 4.69) is 0 Å². The Labute approximate surface area is 132 Å². The number of hydroxylamine groups is 2. The Kier molecular flexibility index (Phi) is 3.80. The number of imide groups is 1. The first-order valence-corrected chi connectivity index (χ1v) is 8.50. The van der Waals surface area contributed by atoms with Gasteiger partial charge in [-0.15, -0.1) is 9.35 Å². The van der Waals surface area contributed by atoms with Crippen LogP contribution in [0.1, 0.15) is 25.7 Å². The van der Waals surface area contributed by atoms with Crippen LogP contribution in [0.25, 0.3) is 0 Å². The van der Waals surface area contributed by atoms with Gasteiger partial charge in [-0.3, -0.25) is 9.59 Å². The van der Waals surface area contributed by atoms with Gasteiger partial charge >= 0.3 is 10.1 Å². The molecule has 0 atom stereocenters. The van der Waals surface area contributed by atoms with E-state index in [-0.39, 0.29) is 4.90 Å². The Hall–Kier alpha value is -1.70. The van der Waals surface area contributed by atoms with Crippen molar-refractivity contribution in [2.45, 2.75) is 30.6 Å². The van der Waals surface area contributed by atoms with E-state index in [1.54, 1.807) is 0 Å². The van der Waals surface area contributed by atoms with Gasteiger partial charge in [-0.05, 0) is 49.9 Å². The average Bonchev–Trinajstić information content (AvgIpc) is 2.73. The molecule has 0 N–H and O–H groups in total. The highest BCUT2D eigenvalue weighted by molar-refractivity contribution is 7.86. The number of nitrogens with zero attached hydrogens (tertiary/aromatic N) is 1. The third kappa shape index (κ3) is 2.55. The van der Waals surface area contributed by atoms with Crippen LogP contribution in [0.3, 0.4) is 0 Å². The molecule has 0 unspecified atom stereocenters. The van der Waals surface area contributed by atoms with Crippen molar-refractivity contribution in [3.63, 3.8) is 0 Å². The van der Waals surface area contributed by atoms with Gasteiger partial charge in [0, 0.05) is 16.2 Å². The van der Waals surface area contributed by atoms with Crippen LogP contribution in [0.4, 0.5) is 0 Å². The zero-order valence-electron chi connectivity index (χ0n) is 11.4. The minimum atomic E-state index is -4.27. The SMILES string of the molecule is O=C1C2=C(CCCC2)C(=O)N1OS(=O)(=O)c1ccc(Cl)cc1. The molecule has 1 aliphatic heterocycles. The first kappa shape index (κ1) is 15.2.